The van der Waals surface area contributed by atoms with Crippen LogP contribution in [0.15, 0.2) is 24.3 Å². The standard InChI is InChI=1S/C9H12N.2C2H5.BrH.Sn/c1-10(2)8-9-6-4-3-5-7-9;2*1-2;;/h3-6H,8H2,1-2H3;2*1H2,2H3;1H;/q3*-1;;+4/p-1. The molecule has 0 amide bonds. The molecule has 1 nitrogen and oxygen atoms in total. The first-order valence-corrected chi connectivity index (χ1v) is 4.81. The van der Waals surface area contributed by atoms with Crippen LogP contribution in [0.1, 0.15) is 19.4 Å². The van der Waals surface area contributed by atoms with Crippen LogP contribution in [0.5, 0.6) is 0 Å². The monoisotopic (exact) mass is 391 g/mol. The number of hydrogen-bond acceptors (Lipinski definition) is 1. The minimum absolute atomic E-state index is 0. The first-order valence-electron chi connectivity index (χ1n) is 4.81. The van der Waals surface area contributed by atoms with E-state index in [2.05, 4.69) is 45.0 Å². The number of hydrogen-bond donors (Lipinski definition) is 0. The molecule has 0 aromatic heterocycles. The molecule has 1 aromatic rings. The van der Waals surface area contributed by atoms with Crippen molar-refractivity contribution < 1.29 is 17.0 Å². The molecule has 0 spiro atoms. The molecule has 0 atom stereocenters. The van der Waals surface area contributed by atoms with Gasteiger partial charge in [0.25, 0.3) is 0 Å². The first kappa shape index (κ1) is 25.3. The van der Waals surface area contributed by atoms with Gasteiger partial charge in [-0.1, -0.05) is 0 Å². The molecule has 16 heavy (non-hydrogen) atoms. The molecule has 0 heterocycles. The summed E-state index contributed by atoms with van der Waals surface area (Å²) in [7, 11) is 4.11. The minimum Gasteiger partial charge on any atom is -1.00 e. The summed E-state index contributed by atoms with van der Waals surface area (Å²) in [4.78, 5) is 2.13. The molecule has 0 N–H and O–H groups in total. The van der Waals surface area contributed by atoms with Gasteiger partial charge < -0.3 is 35.7 Å². The number of rotatable bonds is 2. The molecule has 0 aliphatic carbocycles. The van der Waals surface area contributed by atoms with E-state index in [1.54, 1.807) is 13.8 Å². The predicted octanol–water partition coefficient (Wildman–Crippen LogP) is -0.148. The van der Waals surface area contributed by atoms with Crippen LogP contribution in [0.4, 0.5) is 0 Å². The van der Waals surface area contributed by atoms with Crippen molar-refractivity contribution in [2.24, 2.45) is 0 Å². The molecule has 0 radical (unpaired) electrons. The first-order chi connectivity index (χ1) is 6.79. The molecule has 0 aliphatic heterocycles. The van der Waals surface area contributed by atoms with E-state index in [-0.39, 0.29) is 40.9 Å². The molecule has 0 saturated carbocycles. The third kappa shape index (κ3) is 16.9. The molecular formula is C13H22BrNSn. The van der Waals surface area contributed by atoms with Gasteiger partial charge in [-0.05, 0) is 14.1 Å². The second kappa shape index (κ2) is 20.8. The zero-order chi connectivity index (χ0) is 11.4. The second-order valence-corrected chi connectivity index (χ2v) is 2.63. The molecule has 0 aliphatic rings. The largest absolute Gasteiger partial charge is 4.00 e. The Bertz CT molecular complexity index is 190. The Kier molecular flexibility index (Phi) is 33.0. The summed E-state index contributed by atoms with van der Waals surface area (Å²) in [5.41, 5.74) is 1.24. The van der Waals surface area contributed by atoms with E-state index in [1.165, 1.54) is 5.56 Å². The van der Waals surface area contributed by atoms with E-state index in [1.807, 2.05) is 18.2 Å². The molecule has 1 rings (SSSR count). The number of nitrogens with zero attached hydrogens (tertiary/aromatic N) is 1. The second-order valence-electron chi connectivity index (χ2n) is 2.63. The quantitative estimate of drug-likeness (QED) is 0.501. The van der Waals surface area contributed by atoms with Gasteiger partial charge in [0.05, 0.1) is 0 Å². The van der Waals surface area contributed by atoms with Crippen LogP contribution in [-0.2, 0) is 6.54 Å². The summed E-state index contributed by atoms with van der Waals surface area (Å²) >= 11 is 0. The Balaban J connectivity index is -0.000000109. The topological polar surface area (TPSA) is 3.24 Å². The van der Waals surface area contributed by atoms with Crippen molar-refractivity contribution >= 4 is 23.9 Å². The van der Waals surface area contributed by atoms with Crippen LogP contribution in [0.3, 0.4) is 0 Å². The molecule has 0 bridgehead atoms. The minimum atomic E-state index is 0. The molecular weight excluding hydrogens is 369 g/mol. The summed E-state index contributed by atoms with van der Waals surface area (Å²) in [6.45, 7) is 11.0. The number of halogens is 1. The van der Waals surface area contributed by atoms with Gasteiger partial charge in [0.15, 0.2) is 0 Å². The van der Waals surface area contributed by atoms with E-state index in [0.29, 0.717) is 0 Å². The third-order valence-electron chi connectivity index (χ3n) is 1.26. The molecule has 3 heteroatoms. The average Bonchev–Trinajstić information content (AvgIpc) is 2.24. The van der Waals surface area contributed by atoms with Gasteiger partial charge in [-0.25, -0.2) is 0 Å². The Hall–Kier alpha value is 0.459. The predicted molar refractivity (Wildman–Crippen MR) is 70.5 cm³/mol. The van der Waals surface area contributed by atoms with Crippen molar-refractivity contribution in [2.75, 3.05) is 14.1 Å². The maximum absolute atomic E-state index is 3.25. The van der Waals surface area contributed by atoms with Crippen LogP contribution in [0.2, 0.25) is 0 Å². The zero-order valence-electron chi connectivity index (χ0n) is 10.8. The summed E-state index contributed by atoms with van der Waals surface area (Å²) in [6.07, 6.45) is 0. The Morgan fingerprint density at radius 1 is 1.12 bits per heavy atom. The zero-order valence-corrected chi connectivity index (χ0v) is 15.2. The fraction of sp³-hybridized carbons (Fsp3) is 0.385. The molecule has 0 fully saturated rings. The van der Waals surface area contributed by atoms with Gasteiger partial charge in [0, 0.05) is 6.54 Å². The van der Waals surface area contributed by atoms with Crippen molar-refractivity contribution in [1.82, 2.24) is 4.90 Å². The van der Waals surface area contributed by atoms with Gasteiger partial charge in [0.1, 0.15) is 0 Å². The van der Waals surface area contributed by atoms with Crippen LogP contribution >= 0.6 is 0 Å². The fourth-order valence-corrected chi connectivity index (χ4v) is 0.870. The van der Waals surface area contributed by atoms with Gasteiger partial charge in [0.2, 0.25) is 0 Å². The van der Waals surface area contributed by atoms with Gasteiger partial charge in [-0.15, -0.1) is 5.56 Å². The maximum atomic E-state index is 3.25. The molecule has 0 saturated heterocycles. The van der Waals surface area contributed by atoms with Gasteiger partial charge in [-0.3, -0.25) is 0 Å². The van der Waals surface area contributed by atoms with Crippen LogP contribution in [0, 0.1) is 19.9 Å². The van der Waals surface area contributed by atoms with E-state index in [0.717, 1.165) is 6.54 Å². The van der Waals surface area contributed by atoms with E-state index in [4.69, 9.17) is 0 Å². The maximum Gasteiger partial charge on any atom is 4.00 e. The SMILES string of the molecule is CN(C)Cc1[c-]cccc1.[Br-].[CH2-]C.[CH2-]C.[Sn+4]. The van der Waals surface area contributed by atoms with E-state index in [9.17, 15) is 0 Å². The third-order valence-corrected chi connectivity index (χ3v) is 1.26. The molecule has 1 aromatic carbocycles. The Labute approximate surface area is 129 Å². The normalized spacial score (nSPS) is 7.19. The summed E-state index contributed by atoms with van der Waals surface area (Å²) in [5.74, 6) is 0. The Morgan fingerprint density at radius 2 is 1.62 bits per heavy atom. The van der Waals surface area contributed by atoms with Crippen LogP contribution in [-0.4, -0.2) is 42.9 Å². The van der Waals surface area contributed by atoms with Crippen molar-refractivity contribution in [1.29, 1.82) is 0 Å². The van der Waals surface area contributed by atoms with Gasteiger partial charge >= 0.3 is 23.9 Å². The Morgan fingerprint density at radius 3 is 1.94 bits per heavy atom. The van der Waals surface area contributed by atoms with Crippen molar-refractivity contribution in [3.8, 4) is 0 Å². The van der Waals surface area contributed by atoms with Crippen LogP contribution < -0.4 is 17.0 Å². The summed E-state index contributed by atoms with van der Waals surface area (Å²) < 4.78 is 0. The molecule has 90 valence electrons. The van der Waals surface area contributed by atoms with Crippen molar-refractivity contribution in [2.45, 2.75) is 20.4 Å². The summed E-state index contributed by atoms with van der Waals surface area (Å²) in [6, 6.07) is 11.2. The average molecular weight is 391 g/mol. The van der Waals surface area contributed by atoms with Crippen molar-refractivity contribution in [3.05, 3.63) is 49.7 Å². The van der Waals surface area contributed by atoms with Crippen molar-refractivity contribution in [3.63, 3.8) is 0 Å². The van der Waals surface area contributed by atoms with Crippen LogP contribution in [0.25, 0.3) is 0 Å². The van der Waals surface area contributed by atoms with E-state index >= 15 is 0 Å². The smallest absolute Gasteiger partial charge is 1.00 e. The molecule has 0 unspecified atom stereocenters. The fourth-order valence-electron chi connectivity index (χ4n) is 0.870. The summed E-state index contributed by atoms with van der Waals surface area (Å²) in [5, 5.41) is 0. The van der Waals surface area contributed by atoms with E-state index < -0.39 is 0 Å². The van der Waals surface area contributed by atoms with Gasteiger partial charge in [-0.2, -0.15) is 44.2 Å². The number of benzene rings is 1.